The molecule has 1 aromatic carbocycles. The summed E-state index contributed by atoms with van der Waals surface area (Å²) in [4.78, 5) is 11.2. The molecule has 0 aromatic heterocycles. The molecule has 0 aliphatic heterocycles. The van der Waals surface area contributed by atoms with Crippen LogP contribution in [-0.2, 0) is 9.53 Å². The molecule has 0 unspecified atom stereocenters. The van der Waals surface area contributed by atoms with Crippen LogP contribution in [0.25, 0.3) is 0 Å². The number of benzene rings is 1. The van der Waals surface area contributed by atoms with E-state index in [0.717, 1.165) is 5.69 Å². The molecule has 3 nitrogen and oxygen atoms in total. The van der Waals surface area contributed by atoms with Crippen LogP contribution in [0, 0.1) is 13.8 Å². The zero-order chi connectivity index (χ0) is 12.8. The molecule has 92 valence electrons. The Hall–Kier alpha value is -1.77. The zero-order valence-corrected chi connectivity index (χ0v) is 10.8. The van der Waals surface area contributed by atoms with Gasteiger partial charge in [0, 0.05) is 17.8 Å². The highest BCUT2D eigenvalue weighted by Crippen LogP contribution is 2.18. The molecule has 3 heteroatoms. The maximum atomic E-state index is 11.2. The van der Waals surface area contributed by atoms with E-state index in [4.69, 9.17) is 0 Å². The van der Waals surface area contributed by atoms with Gasteiger partial charge in [-0.05, 0) is 31.9 Å². The molecule has 0 heterocycles. The van der Waals surface area contributed by atoms with E-state index in [1.807, 2.05) is 12.1 Å². The number of ether oxygens (including phenoxy) is 1. The molecule has 17 heavy (non-hydrogen) atoms. The first kappa shape index (κ1) is 13.3. The lowest BCUT2D eigenvalue weighted by atomic mass is 10.1. The van der Waals surface area contributed by atoms with Gasteiger partial charge in [-0.1, -0.05) is 24.3 Å². The van der Waals surface area contributed by atoms with Crippen LogP contribution in [0.1, 0.15) is 18.1 Å². The minimum atomic E-state index is -0.284. The molecule has 0 amide bonds. The van der Waals surface area contributed by atoms with Crippen LogP contribution < -0.4 is 5.32 Å². The highest BCUT2D eigenvalue weighted by molar-refractivity contribution is 5.87. The van der Waals surface area contributed by atoms with Crippen LogP contribution >= 0.6 is 0 Å². The van der Waals surface area contributed by atoms with Crippen LogP contribution in [0.2, 0.25) is 0 Å². The molecule has 1 rings (SSSR count). The van der Waals surface area contributed by atoms with E-state index in [2.05, 4.69) is 36.0 Å². The molecule has 1 N–H and O–H groups in total. The molecule has 1 aromatic rings. The Balaban J connectivity index is 2.66. The van der Waals surface area contributed by atoms with Gasteiger partial charge in [-0.2, -0.15) is 0 Å². The molecule has 0 spiro atoms. The molecule has 0 saturated heterocycles. The number of hydrogen-bond acceptors (Lipinski definition) is 3. The molecule has 0 radical (unpaired) electrons. The molecule has 0 saturated carbocycles. The van der Waals surface area contributed by atoms with Gasteiger partial charge in [-0.3, -0.25) is 0 Å². The number of carbonyl (C=O) groups is 1. The van der Waals surface area contributed by atoms with E-state index in [1.165, 1.54) is 18.2 Å². The second-order valence-corrected chi connectivity index (χ2v) is 4.03. The summed E-state index contributed by atoms with van der Waals surface area (Å²) >= 11 is 0. The largest absolute Gasteiger partial charge is 0.466 e. The first-order valence-corrected chi connectivity index (χ1v) is 5.61. The third-order valence-corrected chi connectivity index (χ3v) is 2.68. The van der Waals surface area contributed by atoms with Gasteiger partial charge in [0.25, 0.3) is 0 Å². The van der Waals surface area contributed by atoms with Gasteiger partial charge in [0.15, 0.2) is 0 Å². The Kier molecular flexibility index (Phi) is 4.76. The number of carbonyl (C=O) groups excluding carboxylic acids is 1. The van der Waals surface area contributed by atoms with Crippen LogP contribution in [0.5, 0.6) is 0 Å². The summed E-state index contributed by atoms with van der Waals surface area (Å²) in [5.74, 6) is -0.284. The third kappa shape index (κ3) is 3.63. The van der Waals surface area contributed by atoms with Crippen molar-refractivity contribution in [3.8, 4) is 0 Å². The second kappa shape index (κ2) is 6.09. The van der Waals surface area contributed by atoms with Crippen molar-refractivity contribution in [3.05, 3.63) is 41.0 Å². The van der Waals surface area contributed by atoms with E-state index >= 15 is 0 Å². The molecule has 0 bridgehead atoms. The number of hydrogen-bond donors (Lipinski definition) is 1. The number of aryl methyl sites for hydroxylation is 2. The van der Waals surface area contributed by atoms with Crippen LogP contribution in [-0.4, -0.2) is 19.6 Å². The zero-order valence-electron chi connectivity index (χ0n) is 10.8. The Morgan fingerprint density at radius 2 is 1.94 bits per heavy atom. The topological polar surface area (TPSA) is 38.3 Å². The van der Waals surface area contributed by atoms with Crippen molar-refractivity contribution >= 4 is 11.7 Å². The fraction of sp³-hybridized carbons (Fsp3) is 0.357. The highest BCUT2D eigenvalue weighted by Gasteiger charge is 2.03. The van der Waals surface area contributed by atoms with E-state index in [1.54, 1.807) is 6.92 Å². The molecular formula is C14H19NO2. The quantitative estimate of drug-likeness (QED) is 0.642. The van der Waals surface area contributed by atoms with Crippen molar-refractivity contribution < 1.29 is 9.53 Å². The van der Waals surface area contributed by atoms with Gasteiger partial charge in [0.1, 0.15) is 0 Å². The summed E-state index contributed by atoms with van der Waals surface area (Å²) in [5, 5.41) is 3.31. The lowest BCUT2D eigenvalue weighted by Crippen LogP contribution is -2.06. The fourth-order valence-electron chi connectivity index (χ4n) is 1.64. The second-order valence-electron chi connectivity index (χ2n) is 4.03. The number of methoxy groups -OCH3 is 1. The Morgan fingerprint density at radius 1 is 1.35 bits per heavy atom. The van der Waals surface area contributed by atoms with Gasteiger partial charge in [-0.15, -0.1) is 0 Å². The summed E-state index contributed by atoms with van der Waals surface area (Å²) in [6.07, 6.45) is 1.83. The normalized spacial score (nSPS) is 11.2. The van der Waals surface area contributed by atoms with Gasteiger partial charge in [0.05, 0.1) is 7.11 Å². The van der Waals surface area contributed by atoms with E-state index < -0.39 is 0 Å². The minimum absolute atomic E-state index is 0.284. The first-order chi connectivity index (χ1) is 8.06. The van der Waals surface area contributed by atoms with Crippen molar-refractivity contribution in [1.29, 1.82) is 0 Å². The third-order valence-electron chi connectivity index (χ3n) is 2.68. The summed E-state index contributed by atoms with van der Waals surface area (Å²) in [6, 6.07) is 6.16. The van der Waals surface area contributed by atoms with Crippen LogP contribution in [0.4, 0.5) is 5.69 Å². The smallest absolute Gasteiger partial charge is 0.333 e. The van der Waals surface area contributed by atoms with Gasteiger partial charge >= 0.3 is 5.97 Å². The predicted molar refractivity (Wildman–Crippen MR) is 70.2 cm³/mol. The van der Waals surface area contributed by atoms with E-state index in [0.29, 0.717) is 12.1 Å². The SMILES string of the molecule is COC(=O)/C(C)=C/CNc1c(C)cccc1C. The Labute approximate surface area is 102 Å². The van der Waals surface area contributed by atoms with Crippen LogP contribution in [0.3, 0.4) is 0 Å². The number of nitrogens with one attached hydrogen (secondary N) is 1. The van der Waals surface area contributed by atoms with Gasteiger partial charge in [0.2, 0.25) is 0 Å². The maximum absolute atomic E-state index is 11.2. The van der Waals surface area contributed by atoms with E-state index in [9.17, 15) is 4.79 Å². The lowest BCUT2D eigenvalue weighted by molar-refractivity contribution is -0.136. The van der Waals surface area contributed by atoms with Crippen molar-refractivity contribution in [2.75, 3.05) is 19.0 Å². The minimum Gasteiger partial charge on any atom is -0.466 e. The molecule has 0 aliphatic rings. The molecule has 0 aliphatic carbocycles. The van der Waals surface area contributed by atoms with Gasteiger partial charge in [-0.25, -0.2) is 4.79 Å². The molecular weight excluding hydrogens is 214 g/mol. The standard InChI is InChI=1S/C14H19NO2/c1-10-6-5-7-11(2)13(10)15-9-8-12(3)14(16)17-4/h5-8,15H,9H2,1-4H3/b12-8+. The average Bonchev–Trinajstić information content (AvgIpc) is 2.31. The van der Waals surface area contributed by atoms with Crippen molar-refractivity contribution in [3.63, 3.8) is 0 Å². The first-order valence-electron chi connectivity index (χ1n) is 5.61. The number of esters is 1. The number of anilines is 1. The van der Waals surface area contributed by atoms with Crippen molar-refractivity contribution in [2.24, 2.45) is 0 Å². The summed E-state index contributed by atoms with van der Waals surface area (Å²) in [5.41, 5.74) is 4.15. The summed E-state index contributed by atoms with van der Waals surface area (Å²) < 4.78 is 4.63. The average molecular weight is 233 g/mol. The monoisotopic (exact) mass is 233 g/mol. The Bertz CT molecular complexity index is 416. The number of rotatable bonds is 4. The van der Waals surface area contributed by atoms with Crippen molar-refractivity contribution in [1.82, 2.24) is 0 Å². The predicted octanol–water partition coefficient (Wildman–Crippen LogP) is 2.83. The summed E-state index contributed by atoms with van der Waals surface area (Å²) in [7, 11) is 1.39. The van der Waals surface area contributed by atoms with Crippen LogP contribution in [0.15, 0.2) is 29.8 Å². The fourth-order valence-corrected chi connectivity index (χ4v) is 1.64. The lowest BCUT2D eigenvalue weighted by Gasteiger charge is -2.11. The maximum Gasteiger partial charge on any atom is 0.333 e. The molecule has 0 atom stereocenters. The number of para-hydroxylation sites is 1. The summed E-state index contributed by atoms with van der Waals surface area (Å²) in [6.45, 7) is 6.49. The molecule has 0 fully saturated rings. The van der Waals surface area contributed by atoms with E-state index in [-0.39, 0.29) is 5.97 Å². The Morgan fingerprint density at radius 3 is 2.47 bits per heavy atom. The van der Waals surface area contributed by atoms with Gasteiger partial charge < -0.3 is 10.1 Å². The highest BCUT2D eigenvalue weighted by atomic mass is 16.5. The van der Waals surface area contributed by atoms with Crippen molar-refractivity contribution in [2.45, 2.75) is 20.8 Å².